The van der Waals surface area contributed by atoms with E-state index in [1.807, 2.05) is 19.2 Å². The predicted molar refractivity (Wildman–Crippen MR) is 111 cm³/mol. The average molecular weight is 382 g/mol. The molecule has 0 bridgehead atoms. The summed E-state index contributed by atoms with van der Waals surface area (Å²) in [5.74, 6) is 0. The quantitative estimate of drug-likeness (QED) is 0.818. The van der Waals surface area contributed by atoms with Gasteiger partial charge in [-0.2, -0.15) is 0 Å². The molecule has 0 spiro atoms. The molecule has 1 aliphatic rings. The number of hydrogen-bond acceptors (Lipinski definition) is 3. The van der Waals surface area contributed by atoms with E-state index in [1.165, 1.54) is 5.56 Å². The molecule has 1 aliphatic heterocycles. The zero-order valence-electron chi connectivity index (χ0n) is 17.1. The van der Waals surface area contributed by atoms with Crippen molar-refractivity contribution in [3.05, 3.63) is 66.0 Å². The first-order chi connectivity index (χ1) is 13.4. The number of nitrogens with one attached hydrogen (secondary N) is 1. The fourth-order valence-electron chi connectivity index (χ4n) is 4.25. The molecule has 1 aromatic heterocycles. The lowest BCUT2D eigenvalue weighted by Gasteiger charge is -2.45. The smallest absolute Gasteiger partial charge is 0.317 e. The molecule has 0 saturated carbocycles. The number of carbonyl (C=O) groups excluding carboxylic acids is 1. The van der Waals surface area contributed by atoms with E-state index in [2.05, 4.69) is 54.5 Å². The summed E-state index contributed by atoms with van der Waals surface area (Å²) in [7, 11) is 1.81. The van der Waals surface area contributed by atoms with Crippen molar-refractivity contribution >= 4 is 6.03 Å². The maximum atomic E-state index is 12.5. The molecule has 150 valence electrons. The van der Waals surface area contributed by atoms with E-state index < -0.39 is 0 Å². The molecule has 1 aromatic carbocycles. The van der Waals surface area contributed by atoms with Gasteiger partial charge in [0.2, 0.25) is 0 Å². The number of hydrogen-bond donors (Lipinski definition) is 1. The van der Waals surface area contributed by atoms with Crippen LogP contribution in [0.25, 0.3) is 0 Å². The van der Waals surface area contributed by atoms with Gasteiger partial charge in [0.1, 0.15) is 0 Å². The van der Waals surface area contributed by atoms with Gasteiger partial charge in [-0.05, 0) is 50.3 Å². The lowest BCUT2D eigenvalue weighted by molar-refractivity contribution is -0.0838. The molecule has 1 N–H and O–H groups in total. The molecule has 1 saturated heterocycles. The van der Waals surface area contributed by atoms with Crippen molar-refractivity contribution in [2.24, 2.45) is 0 Å². The van der Waals surface area contributed by atoms with Gasteiger partial charge >= 0.3 is 6.03 Å². The predicted octanol–water partition coefficient (Wildman–Crippen LogP) is 4.14. The van der Waals surface area contributed by atoms with Gasteiger partial charge in [0, 0.05) is 44.6 Å². The highest BCUT2D eigenvalue weighted by Crippen LogP contribution is 2.43. The Hall–Kier alpha value is -2.40. The minimum atomic E-state index is -0.158. The van der Waals surface area contributed by atoms with Crippen LogP contribution in [0.4, 0.5) is 4.79 Å². The van der Waals surface area contributed by atoms with E-state index in [0.29, 0.717) is 13.1 Å². The third-order valence-electron chi connectivity index (χ3n) is 5.59. The van der Waals surface area contributed by atoms with Crippen molar-refractivity contribution < 1.29 is 9.53 Å². The minimum Gasteiger partial charge on any atom is -0.376 e. The fourth-order valence-corrected chi connectivity index (χ4v) is 4.25. The van der Waals surface area contributed by atoms with Crippen LogP contribution in [0.1, 0.15) is 44.2 Å². The monoisotopic (exact) mass is 381 g/mol. The fraction of sp³-hybridized carbons (Fsp3) is 0.478. The molecule has 2 heterocycles. The van der Waals surface area contributed by atoms with Crippen LogP contribution in [0, 0.1) is 0 Å². The Morgan fingerprint density at radius 1 is 1.21 bits per heavy atom. The maximum Gasteiger partial charge on any atom is 0.317 e. The molecule has 2 amide bonds. The summed E-state index contributed by atoms with van der Waals surface area (Å²) in [5, 5.41) is 3.10. The first kappa shape index (κ1) is 20.3. The summed E-state index contributed by atoms with van der Waals surface area (Å²) in [6.07, 6.45) is 6.35. The molecule has 5 heteroatoms. The van der Waals surface area contributed by atoms with Crippen molar-refractivity contribution in [2.75, 3.05) is 20.2 Å². The zero-order chi connectivity index (χ0) is 20.0. The Morgan fingerprint density at radius 3 is 2.68 bits per heavy atom. The summed E-state index contributed by atoms with van der Waals surface area (Å²) < 4.78 is 5.97. The van der Waals surface area contributed by atoms with Crippen molar-refractivity contribution in [1.29, 1.82) is 0 Å². The summed E-state index contributed by atoms with van der Waals surface area (Å²) in [6, 6.07) is 14.5. The lowest BCUT2D eigenvalue weighted by atomic mass is 9.67. The molecule has 0 aliphatic carbocycles. The van der Waals surface area contributed by atoms with Gasteiger partial charge in [0.05, 0.1) is 5.60 Å². The summed E-state index contributed by atoms with van der Waals surface area (Å²) in [6.45, 7) is 6.25. The van der Waals surface area contributed by atoms with Gasteiger partial charge in [-0.15, -0.1) is 0 Å². The highest BCUT2D eigenvalue weighted by molar-refractivity contribution is 5.73. The number of amides is 2. The second-order valence-electron chi connectivity index (χ2n) is 8.38. The Labute approximate surface area is 168 Å². The summed E-state index contributed by atoms with van der Waals surface area (Å²) in [5.41, 5.74) is 2.23. The molecule has 28 heavy (non-hydrogen) atoms. The molecule has 1 fully saturated rings. The third-order valence-corrected chi connectivity index (χ3v) is 5.59. The second kappa shape index (κ2) is 8.74. The summed E-state index contributed by atoms with van der Waals surface area (Å²) in [4.78, 5) is 18.3. The molecular formula is C23H31N3O2. The number of nitrogens with zero attached hydrogens (tertiary/aromatic N) is 2. The number of carbonyl (C=O) groups is 1. The molecule has 1 atom stereocenters. The van der Waals surface area contributed by atoms with Gasteiger partial charge in [-0.3, -0.25) is 4.98 Å². The van der Waals surface area contributed by atoms with E-state index in [9.17, 15) is 4.79 Å². The number of rotatable bonds is 6. The van der Waals surface area contributed by atoms with Crippen LogP contribution in [0.2, 0.25) is 0 Å². The van der Waals surface area contributed by atoms with Gasteiger partial charge < -0.3 is 15.0 Å². The normalized spacial score (nSPS) is 21.1. The Balaban J connectivity index is 1.62. The average Bonchev–Trinajstić information content (AvgIpc) is 2.68. The Bertz CT molecular complexity index is 764. The molecular weight excluding hydrogens is 350 g/mol. The van der Waals surface area contributed by atoms with Gasteiger partial charge in [0.25, 0.3) is 0 Å². The molecule has 2 aromatic rings. The minimum absolute atomic E-state index is 0.0260. The largest absolute Gasteiger partial charge is 0.376 e. The summed E-state index contributed by atoms with van der Waals surface area (Å²) >= 11 is 0. The first-order valence-electron chi connectivity index (χ1n) is 9.98. The molecule has 0 radical (unpaired) electrons. The van der Waals surface area contributed by atoms with E-state index in [4.69, 9.17) is 4.74 Å². The highest BCUT2D eigenvalue weighted by Gasteiger charge is 2.41. The number of ether oxygens (including phenoxy) is 1. The van der Waals surface area contributed by atoms with Crippen LogP contribution in [0.5, 0.6) is 0 Å². The van der Waals surface area contributed by atoms with Crippen LogP contribution in [0.15, 0.2) is 54.9 Å². The second-order valence-corrected chi connectivity index (χ2v) is 8.38. The van der Waals surface area contributed by atoms with Crippen molar-refractivity contribution in [1.82, 2.24) is 15.2 Å². The van der Waals surface area contributed by atoms with Crippen LogP contribution in [0.3, 0.4) is 0 Å². The highest BCUT2D eigenvalue weighted by atomic mass is 16.5. The van der Waals surface area contributed by atoms with Crippen LogP contribution < -0.4 is 5.32 Å². The van der Waals surface area contributed by atoms with Gasteiger partial charge in [-0.1, -0.05) is 36.4 Å². The number of pyridine rings is 1. The van der Waals surface area contributed by atoms with Crippen LogP contribution in [-0.2, 0) is 16.7 Å². The molecule has 5 nitrogen and oxygen atoms in total. The van der Waals surface area contributed by atoms with Gasteiger partial charge in [0.15, 0.2) is 0 Å². The number of benzene rings is 1. The maximum absolute atomic E-state index is 12.5. The van der Waals surface area contributed by atoms with E-state index in [-0.39, 0.29) is 17.0 Å². The molecule has 3 rings (SSSR count). The van der Waals surface area contributed by atoms with E-state index in [1.54, 1.807) is 17.3 Å². The molecule has 1 unspecified atom stereocenters. The number of urea groups is 1. The number of aromatic nitrogens is 1. The van der Waals surface area contributed by atoms with E-state index in [0.717, 1.165) is 31.4 Å². The first-order valence-corrected chi connectivity index (χ1v) is 9.98. The van der Waals surface area contributed by atoms with Crippen molar-refractivity contribution in [2.45, 2.75) is 50.7 Å². The standard InChI is InChI=1S/C23H31N3O2/c1-22(2)18-23(12-15-28-22,20-9-5-4-6-10-20)11-14-25-21(27)26(3)17-19-8-7-13-24-16-19/h4-10,13,16H,11-12,14-15,17-18H2,1-3H3,(H,25,27). The Kier molecular flexibility index (Phi) is 6.35. The third kappa shape index (κ3) is 5.10. The SMILES string of the molecule is CN(Cc1cccnc1)C(=O)NCCC1(c2ccccc2)CCOC(C)(C)C1. The van der Waals surface area contributed by atoms with Crippen molar-refractivity contribution in [3.8, 4) is 0 Å². The Morgan fingerprint density at radius 2 is 2.00 bits per heavy atom. The van der Waals surface area contributed by atoms with Crippen molar-refractivity contribution in [3.63, 3.8) is 0 Å². The van der Waals surface area contributed by atoms with Gasteiger partial charge in [-0.25, -0.2) is 4.79 Å². The zero-order valence-corrected chi connectivity index (χ0v) is 17.1. The van der Waals surface area contributed by atoms with Crippen LogP contribution in [-0.4, -0.2) is 41.7 Å². The topological polar surface area (TPSA) is 54.5 Å². The van der Waals surface area contributed by atoms with E-state index >= 15 is 0 Å². The van der Waals surface area contributed by atoms with Crippen LogP contribution >= 0.6 is 0 Å². The lowest BCUT2D eigenvalue weighted by Crippen LogP contribution is -2.46.